The number of rotatable bonds is 1. The van der Waals surface area contributed by atoms with Crippen molar-refractivity contribution < 1.29 is 9.53 Å². The Morgan fingerprint density at radius 2 is 1.88 bits per heavy atom. The first-order valence-electron chi connectivity index (χ1n) is 8.48. The molecule has 1 aromatic carbocycles. The highest BCUT2D eigenvalue weighted by molar-refractivity contribution is 9.10. The summed E-state index contributed by atoms with van der Waals surface area (Å²) < 4.78 is 8.37. The molecule has 1 aliphatic heterocycles. The molecule has 1 amide bonds. The van der Waals surface area contributed by atoms with Crippen LogP contribution >= 0.6 is 15.9 Å². The molecule has 25 heavy (non-hydrogen) atoms. The van der Waals surface area contributed by atoms with Gasteiger partial charge in [-0.05, 0) is 61.7 Å². The van der Waals surface area contributed by atoms with E-state index in [2.05, 4.69) is 48.0 Å². The van der Waals surface area contributed by atoms with Gasteiger partial charge < -0.3 is 9.64 Å². The number of amides is 1. The SMILES string of the molecule is Cc1cccc(C)c1-n1nc2c(c1Br)CN(C(=O)OC(C)(C)C)CC2. The Kier molecular flexibility index (Phi) is 4.66. The third-order valence-corrected chi connectivity index (χ3v) is 5.09. The maximum Gasteiger partial charge on any atom is 0.410 e. The Morgan fingerprint density at radius 1 is 1.24 bits per heavy atom. The first-order valence-corrected chi connectivity index (χ1v) is 9.27. The lowest BCUT2D eigenvalue weighted by atomic mass is 10.1. The quantitative estimate of drug-likeness (QED) is 0.699. The van der Waals surface area contributed by atoms with Gasteiger partial charge in [-0.3, -0.25) is 0 Å². The second-order valence-electron chi connectivity index (χ2n) is 7.52. The lowest BCUT2D eigenvalue weighted by Gasteiger charge is -2.29. The largest absolute Gasteiger partial charge is 0.444 e. The van der Waals surface area contributed by atoms with Crippen LogP contribution in [-0.2, 0) is 17.7 Å². The molecule has 5 nitrogen and oxygen atoms in total. The lowest BCUT2D eigenvalue weighted by Crippen LogP contribution is -2.39. The van der Waals surface area contributed by atoms with Gasteiger partial charge in [-0.1, -0.05) is 18.2 Å². The van der Waals surface area contributed by atoms with Gasteiger partial charge in [-0.15, -0.1) is 0 Å². The molecule has 0 saturated heterocycles. The molecule has 2 heterocycles. The zero-order valence-corrected chi connectivity index (χ0v) is 17.0. The summed E-state index contributed by atoms with van der Waals surface area (Å²) in [5.74, 6) is 0. The third kappa shape index (κ3) is 3.59. The van der Waals surface area contributed by atoms with Crippen molar-refractivity contribution in [1.82, 2.24) is 14.7 Å². The number of benzene rings is 1. The van der Waals surface area contributed by atoms with E-state index in [0.717, 1.165) is 28.0 Å². The van der Waals surface area contributed by atoms with Crippen LogP contribution < -0.4 is 0 Å². The van der Waals surface area contributed by atoms with Crippen molar-refractivity contribution in [3.63, 3.8) is 0 Å². The van der Waals surface area contributed by atoms with Crippen LogP contribution in [0.25, 0.3) is 5.69 Å². The van der Waals surface area contributed by atoms with Gasteiger partial charge in [0.2, 0.25) is 0 Å². The molecule has 0 unspecified atom stereocenters. The molecule has 134 valence electrons. The van der Waals surface area contributed by atoms with Crippen molar-refractivity contribution in [1.29, 1.82) is 0 Å². The van der Waals surface area contributed by atoms with Gasteiger partial charge in [0.05, 0.1) is 17.9 Å². The van der Waals surface area contributed by atoms with E-state index in [9.17, 15) is 4.79 Å². The van der Waals surface area contributed by atoms with Gasteiger partial charge >= 0.3 is 6.09 Å². The standard InChI is InChI=1S/C19H24BrN3O2/c1-12-7-6-8-13(2)16(12)23-17(20)14-11-22(10-9-15(14)21-23)18(24)25-19(3,4)5/h6-8H,9-11H2,1-5H3. The van der Waals surface area contributed by atoms with Crippen molar-refractivity contribution in [2.75, 3.05) is 6.54 Å². The molecule has 0 radical (unpaired) electrons. The molecular weight excluding hydrogens is 382 g/mol. The smallest absolute Gasteiger partial charge is 0.410 e. The molecule has 3 rings (SSSR count). The normalized spacial score (nSPS) is 14.4. The van der Waals surface area contributed by atoms with Crippen LogP contribution in [0.4, 0.5) is 4.79 Å². The van der Waals surface area contributed by atoms with Gasteiger partial charge in [0.1, 0.15) is 10.2 Å². The molecule has 1 aliphatic rings. The number of fused-ring (bicyclic) bond motifs is 1. The Balaban J connectivity index is 1.92. The number of aryl methyl sites for hydroxylation is 2. The number of ether oxygens (including phenoxy) is 1. The molecule has 2 aromatic rings. The minimum absolute atomic E-state index is 0.273. The van der Waals surface area contributed by atoms with Crippen LogP contribution in [0.1, 0.15) is 43.2 Å². The summed E-state index contributed by atoms with van der Waals surface area (Å²) in [6, 6.07) is 6.22. The van der Waals surface area contributed by atoms with Crippen LogP contribution in [0.5, 0.6) is 0 Å². The molecule has 0 atom stereocenters. The third-order valence-electron chi connectivity index (χ3n) is 4.27. The van der Waals surface area contributed by atoms with Crippen LogP contribution in [0, 0.1) is 13.8 Å². The van der Waals surface area contributed by atoms with E-state index >= 15 is 0 Å². The average Bonchev–Trinajstić information content (AvgIpc) is 2.82. The van der Waals surface area contributed by atoms with Gasteiger partial charge in [-0.2, -0.15) is 5.10 Å². The number of carbonyl (C=O) groups excluding carboxylic acids is 1. The van der Waals surface area contributed by atoms with Gasteiger partial charge in [-0.25, -0.2) is 9.48 Å². The highest BCUT2D eigenvalue weighted by atomic mass is 79.9. The van der Waals surface area contributed by atoms with E-state index in [4.69, 9.17) is 9.84 Å². The predicted octanol–water partition coefficient (Wildman–Crippen LogP) is 4.54. The minimum atomic E-state index is -0.489. The monoisotopic (exact) mass is 405 g/mol. The fourth-order valence-electron chi connectivity index (χ4n) is 3.11. The molecule has 0 N–H and O–H groups in total. The molecule has 0 bridgehead atoms. The number of aromatic nitrogens is 2. The molecular formula is C19H24BrN3O2. The van der Waals surface area contributed by atoms with Crippen molar-refractivity contribution in [3.8, 4) is 5.69 Å². The molecule has 0 aliphatic carbocycles. The zero-order valence-electron chi connectivity index (χ0n) is 15.4. The van der Waals surface area contributed by atoms with Gasteiger partial charge in [0.25, 0.3) is 0 Å². The number of nitrogens with zero attached hydrogens (tertiary/aromatic N) is 3. The number of hydrogen-bond acceptors (Lipinski definition) is 3. The zero-order chi connectivity index (χ0) is 18.4. The predicted molar refractivity (Wildman–Crippen MR) is 101 cm³/mol. The summed E-state index contributed by atoms with van der Waals surface area (Å²) in [6.07, 6.45) is 0.454. The van der Waals surface area contributed by atoms with E-state index in [1.807, 2.05) is 25.5 Å². The molecule has 0 fully saturated rings. The first kappa shape index (κ1) is 18.0. The minimum Gasteiger partial charge on any atom is -0.444 e. The van der Waals surface area contributed by atoms with Gasteiger partial charge in [0, 0.05) is 18.5 Å². The summed E-state index contributed by atoms with van der Waals surface area (Å²) in [5.41, 5.74) is 5.03. The Hall–Kier alpha value is -1.82. The number of carbonyl (C=O) groups is 1. The van der Waals surface area contributed by atoms with E-state index in [1.54, 1.807) is 4.90 Å². The van der Waals surface area contributed by atoms with Crippen molar-refractivity contribution in [2.24, 2.45) is 0 Å². The Labute approximate surface area is 157 Å². The van der Waals surface area contributed by atoms with E-state index in [0.29, 0.717) is 13.1 Å². The average molecular weight is 406 g/mol. The highest BCUT2D eigenvalue weighted by Crippen LogP contribution is 2.31. The molecule has 0 spiro atoms. The van der Waals surface area contributed by atoms with E-state index < -0.39 is 5.60 Å². The first-order chi connectivity index (χ1) is 11.7. The number of para-hydroxylation sites is 1. The Bertz CT molecular complexity index is 801. The highest BCUT2D eigenvalue weighted by Gasteiger charge is 2.30. The maximum absolute atomic E-state index is 12.4. The number of hydrogen-bond donors (Lipinski definition) is 0. The molecule has 1 aromatic heterocycles. The number of halogens is 1. The van der Waals surface area contributed by atoms with Crippen LogP contribution in [0.15, 0.2) is 22.8 Å². The van der Waals surface area contributed by atoms with Gasteiger partial charge in [0.15, 0.2) is 0 Å². The second-order valence-corrected chi connectivity index (χ2v) is 8.27. The summed E-state index contributed by atoms with van der Waals surface area (Å²) in [7, 11) is 0. The summed E-state index contributed by atoms with van der Waals surface area (Å²) in [6.45, 7) is 11.0. The summed E-state index contributed by atoms with van der Waals surface area (Å²) >= 11 is 3.70. The lowest BCUT2D eigenvalue weighted by molar-refractivity contribution is 0.0223. The van der Waals surface area contributed by atoms with E-state index in [1.165, 1.54) is 11.1 Å². The van der Waals surface area contributed by atoms with Crippen molar-refractivity contribution >= 4 is 22.0 Å². The van der Waals surface area contributed by atoms with Crippen LogP contribution in [0.2, 0.25) is 0 Å². The van der Waals surface area contributed by atoms with E-state index in [-0.39, 0.29) is 6.09 Å². The summed E-state index contributed by atoms with van der Waals surface area (Å²) in [5, 5.41) is 4.80. The topological polar surface area (TPSA) is 47.4 Å². The van der Waals surface area contributed by atoms with Crippen molar-refractivity contribution in [2.45, 2.75) is 53.2 Å². The Morgan fingerprint density at radius 3 is 2.48 bits per heavy atom. The second kappa shape index (κ2) is 6.48. The molecule has 6 heteroatoms. The fraction of sp³-hybridized carbons (Fsp3) is 0.474. The maximum atomic E-state index is 12.4. The fourth-order valence-corrected chi connectivity index (χ4v) is 3.72. The van der Waals surface area contributed by atoms with Crippen LogP contribution in [-0.4, -0.2) is 32.9 Å². The molecule has 0 saturated carbocycles. The van der Waals surface area contributed by atoms with Crippen LogP contribution in [0.3, 0.4) is 0 Å². The summed E-state index contributed by atoms with van der Waals surface area (Å²) in [4.78, 5) is 14.1. The van der Waals surface area contributed by atoms with Crippen molar-refractivity contribution in [3.05, 3.63) is 45.2 Å².